The first-order chi connectivity index (χ1) is 8.74. The second-order valence-corrected chi connectivity index (χ2v) is 4.70. The van der Waals surface area contributed by atoms with E-state index < -0.39 is 0 Å². The Balaban J connectivity index is 3.60. The topological polar surface area (TPSA) is 26.3 Å². The number of esters is 1. The molecule has 1 atom stereocenters. The minimum atomic E-state index is -0.329. The summed E-state index contributed by atoms with van der Waals surface area (Å²) in [7, 11) is 0. The molecule has 0 amide bonds. The summed E-state index contributed by atoms with van der Waals surface area (Å²) < 4.78 is 5.26. The summed E-state index contributed by atoms with van der Waals surface area (Å²) in [6.07, 6.45) is 13.6. The Kier molecular flexibility index (Phi) is 11.7. The van der Waals surface area contributed by atoms with E-state index >= 15 is 0 Å². The molecule has 0 rings (SSSR count). The van der Waals surface area contributed by atoms with Gasteiger partial charge in [0, 0.05) is 12.5 Å². The van der Waals surface area contributed by atoms with E-state index in [1.54, 1.807) is 0 Å². The second kappa shape index (κ2) is 12.4. The number of rotatable bonds is 12. The smallest absolute Gasteiger partial charge is 0.330 e. The van der Waals surface area contributed by atoms with Crippen LogP contribution in [0.5, 0.6) is 0 Å². The summed E-state index contributed by atoms with van der Waals surface area (Å²) in [6, 6.07) is 0. The van der Waals surface area contributed by atoms with Crippen molar-refractivity contribution in [2.45, 2.75) is 70.8 Å². The highest BCUT2D eigenvalue weighted by molar-refractivity contribution is 5.81. The molecule has 2 heteroatoms. The summed E-state index contributed by atoms with van der Waals surface area (Å²) in [5.41, 5.74) is 0. The largest absolute Gasteiger partial charge is 0.459 e. The molecule has 0 heterocycles. The molecule has 1 unspecified atom stereocenters. The van der Waals surface area contributed by atoms with Crippen LogP contribution in [-0.2, 0) is 9.53 Å². The van der Waals surface area contributed by atoms with Crippen molar-refractivity contribution in [1.82, 2.24) is 0 Å². The molecule has 18 heavy (non-hydrogen) atoms. The second-order valence-electron chi connectivity index (χ2n) is 4.70. The summed E-state index contributed by atoms with van der Waals surface area (Å²) in [5, 5.41) is 0. The average Bonchev–Trinajstić information content (AvgIpc) is 2.37. The van der Waals surface area contributed by atoms with Crippen molar-refractivity contribution < 1.29 is 9.53 Å². The van der Waals surface area contributed by atoms with Gasteiger partial charge in [0.2, 0.25) is 0 Å². The molecule has 0 aromatic rings. The van der Waals surface area contributed by atoms with E-state index in [0.29, 0.717) is 0 Å². The van der Waals surface area contributed by atoms with Crippen LogP contribution in [0.4, 0.5) is 0 Å². The molecule has 104 valence electrons. The fraction of sp³-hybridized carbons (Fsp3) is 0.688. The molecule has 0 aromatic heterocycles. The van der Waals surface area contributed by atoms with E-state index in [4.69, 9.17) is 4.74 Å². The third-order valence-electron chi connectivity index (χ3n) is 3.01. The van der Waals surface area contributed by atoms with Gasteiger partial charge in [-0.1, -0.05) is 58.1 Å². The number of carbonyl (C=O) groups is 1. The average molecular weight is 252 g/mol. The predicted molar refractivity (Wildman–Crippen MR) is 77.5 cm³/mol. The van der Waals surface area contributed by atoms with Gasteiger partial charge in [0.15, 0.2) is 0 Å². The Labute approximate surface area is 112 Å². The summed E-state index contributed by atoms with van der Waals surface area (Å²) in [4.78, 5) is 11.1. The van der Waals surface area contributed by atoms with Gasteiger partial charge in [-0.25, -0.2) is 4.79 Å². The maximum Gasteiger partial charge on any atom is 0.330 e. The van der Waals surface area contributed by atoms with Gasteiger partial charge < -0.3 is 4.74 Å². The molecule has 0 N–H and O–H groups in total. The lowest BCUT2D eigenvalue weighted by atomic mass is 10.0. The Bertz CT molecular complexity index is 233. The zero-order valence-electron chi connectivity index (χ0n) is 11.8. The maximum absolute atomic E-state index is 11.1. The van der Waals surface area contributed by atoms with E-state index in [2.05, 4.69) is 20.1 Å². The van der Waals surface area contributed by atoms with Gasteiger partial charge in [0.1, 0.15) is 6.10 Å². The van der Waals surface area contributed by atoms with Crippen LogP contribution in [0, 0.1) is 0 Å². The minimum Gasteiger partial charge on any atom is -0.459 e. The van der Waals surface area contributed by atoms with E-state index in [9.17, 15) is 4.79 Å². The SMILES string of the molecule is C=CCC(CCCCCCCCC)OC(=O)C=C. The molecule has 0 saturated heterocycles. The molecule has 0 radical (unpaired) electrons. The minimum absolute atomic E-state index is 0.0244. The van der Waals surface area contributed by atoms with Crippen LogP contribution in [0.25, 0.3) is 0 Å². The van der Waals surface area contributed by atoms with Gasteiger partial charge in [-0.15, -0.1) is 6.58 Å². The van der Waals surface area contributed by atoms with Crippen molar-refractivity contribution >= 4 is 5.97 Å². The lowest BCUT2D eigenvalue weighted by Gasteiger charge is -2.15. The molecule has 2 nitrogen and oxygen atoms in total. The van der Waals surface area contributed by atoms with Gasteiger partial charge in [-0.2, -0.15) is 0 Å². The molecule has 0 aliphatic carbocycles. The molecular formula is C16H28O2. The van der Waals surface area contributed by atoms with Crippen LogP contribution in [-0.4, -0.2) is 12.1 Å². The zero-order valence-corrected chi connectivity index (χ0v) is 11.8. The monoisotopic (exact) mass is 252 g/mol. The van der Waals surface area contributed by atoms with Crippen molar-refractivity contribution in [3.05, 3.63) is 25.3 Å². The normalized spacial score (nSPS) is 11.8. The van der Waals surface area contributed by atoms with Crippen molar-refractivity contribution in [1.29, 1.82) is 0 Å². The van der Waals surface area contributed by atoms with E-state index in [-0.39, 0.29) is 12.1 Å². The molecule has 0 aliphatic rings. The molecule has 0 bridgehead atoms. The van der Waals surface area contributed by atoms with Gasteiger partial charge in [-0.3, -0.25) is 0 Å². The summed E-state index contributed by atoms with van der Waals surface area (Å²) >= 11 is 0. The highest BCUT2D eigenvalue weighted by Gasteiger charge is 2.10. The lowest BCUT2D eigenvalue weighted by molar-refractivity contribution is -0.143. The third kappa shape index (κ3) is 10.1. The summed E-state index contributed by atoms with van der Waals surface area (Å²) in [6.45, 7) is 9.34. The Morgan fingerprint density at radius 1 is 1.11 bits per heavy atom. The van der Waals surface area contributed by atoms with Gasteiger partial charge in [0.25, 0.3) is 0 Å². The first-order valence-corrected chi connectivity index (χ1v) is 7.18. The van der Waals surface area contributed by atoms with E-state index in [0.717, 1.165) is 19.3 Å². The predicted octanol–water partition coefficient (Wildman–Crippen LogP) is 4.80. The fourth-order valence-corrected chi connectivity index (χ4v) is 1.95. The first kappa shape index (κ1) is 16.9. The van der Waals surface area contributed by atoms with Crippen molar-refractivity contribution in [3.63, 3.8) is 0 Å². The Morgan fingerprint density at radius 3 is 2.28 bits per heavy atom. The Morgan fingerprint density at radius 2 is 1.72 bits per heavy atom. The van der Waals surface area contributed by atoms with Crippen molar-refractivity contribution in [3.8, 4) is 0 Å². The Hall–Kier alpha value is -1.05. The standard InChI is InChI=1S/C16H28O2/c1-4-7-8-9-10-11-12-14-15(13-5-2)18-16(17)6-3/h5-6,15H,2-4,7-14H2,1H3. The highest BCUT2D eigenvalue weighted by atomic mass is 16.5. The van der Waals surface area contributed by atoms with Crippen LogP contribution in [0.2, 0.25) is 0 Å². The fourth-order valence-electron chi connectivity index (χ4n) is 1.95. The first-order valence-electron chi connectivity index (χ1n) is 7.18. The van der Waals surface area contributed by atoms with E-state index in [1.807, 2.05) is 6.08 Å². The van der Waals surface area contributed by atoms with Crippen molar-refractivity contribution in [2.75, 3.05) is 0 Å². The number of hydrogen-bond donors (Lipinski definition) is 0. The number of unbranched alkanes of at least 4 members (excludes halogenated alkanes) is 6. The zero-order chi connectivity index (χ0) is 13.6. The third-order valence-corrected chi connectivity index (χ3v) is 3.01. The molecule has 0 aliphatic heterocycles. The molecule has 0 fully saturated rings. The van der Waals surface area contributed by atoms with E-state index in [1.165, 1.54) is 44.6 Å². The van der Waals surface area contributed by atoms with Crippen LogP contribution in [0.15, 0.2) is 25.3 Å². The summed E-state index contributed by atoms with van der Waals surface area (Å²) in [5.74, 6) is -0.329. The van der Waals surface area contributed by atoms with Crippen LogP contribution >= 0.6 is 0 Å². The number of carbonyl (C=O) groups excluding carboxylic acids is 1. The lowest BCUT2D eigenvalue weighted by Crippen LogP contribution is -2.15. The van der Waals surface area contributed by atoms with Crippen molar-refractivity contribution in [2.24, 2.45) is 0 Å². The molecule has 0 spiro atoms. The van der Waals surface area contributed by atoms with Gasteiger partial charge >= 0.3 is 5.97 Å². The van der Waals surface area contributed by atoms with Crippen LogP contribution < -0.4 is 0 Å². The van der Waals surface area contributed by atoms with Crippen LogP contribution in [0.3, 0.4) is 0 Å². The number of hydrogen-bond acceptors (Lipinski definition) is 2. The van der Waals surface area contributed by atoms with Crippen LogP contribution in [0.1, 0.15) is 64.7 Å². The van der Waals surface area contributed by atoms with Gasteiger partial charge in [-0.05, 0) is 12.8 Å². The quantitative estimate of drug-likeness (QED) is 0.216. The molecular weight excluding hydrogens is 224 g/mol. The maximum atomic E-state index is 11.1. The molecule has 0 saturated carbocycles. The number of ether oxygens (including phenoxy) is 1. The van der Waals surface area contributed by atoms with Gasteiger partial charge in [0.05, 0.1) is 0 Å². The highest BCUT2D eigenvalue weighted by Crippen LogP contribution is 2.13. The molecule has 0 aromatic carbocycles.